The highest BCUT2D eigenvalue weighted by Crippen LogP contribution is 2.31. The van der Waals surface area contributed by atoms with Crippen LogP contribution in [0.5, 0.6) is 5.88 Å². The van der Waals surface area contributed by atoms with E-state index in [0.29, 0.717) is 5.56 Å². The van der Waals surface area contributed by atoms with Crippen molar-refractivity contribution < 1.29 is 22.7 Å². The highest BCUT2D eigenvalue weighted by atomic mass is 19.4. The number of carbonyl (C=O) groups is 1. The van der Waals surface area contributed by atoms with Crippen LogP contribution in [-0.4, -0.2) is 29.7 Å². The number of aryl methyl sites for hydroxylation is 1. The normalized spacial score (nSPS) is 17.1. The molecule has 0 fully saturated rings. The Kier molecular flexibility index (Phi) is 4.65. The van der Waals surface area contributed by atoms with Crippen molar-refractivity contribution in [2.75, 3.05) is 11.5 Å². The van der Waals surface area contributed by atoms with Crippen LogP contribution >= 0.6 is 0 Å². The molecule has 7 heteroatoms. The monoisotopic (exact) mass is 350 g/mol. The van der Waals surface area contributed by atoms with E-state index in [9.17, 15) is 18.0 Å². The standard InChI is InChI=1S/C18H17F3N2O2/c1-12-6-7-13-4-2-3-5-15(13)23(12)17(24)14-8-9-16(22-10-14)25-11-18(19,20)21/h2-5,8-10,12H,6-7,11H2,1H3. The lowest BCUT2D eigenvalue weighted by Gasteiger charge is -2.35. The Morgan fingerprint density at radius 1 is 1.28 bits per heavy atom. The van der Waals surface area contributed by atoms with Crippen molar-refractivity contribution in [1.82, 2.24) is 4.98 Å². The molecule has 0 aliphatic carbocycles. The molecule has 1 atom stereocenters. The lowest BCUT2D eigenvalue weighted by atomic mass is 9.96. The molecule has 0 radical (unpaired) electrons. The second kappa shape index (κ2) is 6.74. The Bertz CT molecular complexity index is 760. The van der Waals surface area contributed by atoms with Crippen LogP contribution in [0.4, 0.5) is 18.9 Å². The number of hydrogen-bond donors (Lipinski definition) is 0. The molecule has 2 aromatic rings. The summed E-state index contributed by atoms with van der Waals surface area (Å²) >= 11 is 0. The van der Waals surface area contributed by atoms with Gasteiger partial charge in [0.25, 0.3) is 5.91 Å². The molecule has 1 aliphatic heterocycles. The zero-order valence-electron chi connectivity index (χ0n) is 13.6. The van der Waals surface area contributed by atoms with Crippen molar-refractivity contribution in [3.63, 3.8) is 0 Å². The second-order valence-electron chi connectivity index (χ2n) is 5.98. The van der Waals surface area contributed by atoms with Gasteiger partial charge in [0.05, 0.1) is 5.56 Å². The van der Waals surface area contributed by atoms with Gasteiger partial charge in [-0.15, -0.1) is 0 Å². The molecule has 0 spiro atoms. The van der Waals surface area contributed by atoms with Gasteiger partial charge in [0.2, 0.25) is 5.88 Å². The van der Waals surface area contributed by atoms with Gasteiger partial charge < -0.3 is 9.64 Å². The summed E-state index contributed by atoms with van der Waals surface area (Å²) in [5, 5.41) is 0. The van der Waals surface area contributed by atoms with Gasteiger partial charge in [0, 0.05) is 24.0 Å². The molecule has 1 unspecified atom stereocenters. The summed E-state index contributed by atoms with van der Waals surface area (Å²) in [6, 6.07) is 10.5. The van der Waals surface area contributed by atoms with Crippen molar-refractivity contribution >= 4 is 11.6 Å². The molecule has 1 aromatic heterocycles. The largest absolute Gasteiger partial charge is 0.468 e. The van der Waals surface area contributed by atoms with Gasteiger partial charge in [0.1, 0.15) is 0 Å². The van der Waals surface area contributed by atoms with Crippen LogP contribution in [0.3, 0.4) is 0 Å². The fourth-order valence-electron chi connectivity index (χ4n) is 2.88. The number of para-hydroxylation sites is 1. The van der Waals surface area contributed by atoms with Gasteiger partial charge in [0.15, 0.2) is 6.61 Å². The first-order chi connectivity index (χ1) is 11.8. The van der Waals surface area contributed by atoms with E-state index in [1.165, 1.54) is 18.3 Å². The van der Waals surface area contributed by atoms with E-state index >= 15 is 0 Å². The molecule has 0 saturated heterocycles. The molecule has 1 aliphatic rings. The fourth-order valence-corrected chi connectivity index (χ4v) is 2.88. The molecule has 0 saturated carbocycles. The zero-order chi connectivity index (χ0) is 18.0. The molecule has 4 nitrogen and oxygen atoms in total. The zero-order valence-corrected chi connectivity index (χ0v) is 13.6. The molecule has 2 heterocycles. The minimum atomic E-state index is -4.43. The first-order valence-corrected chi connectivity index (χ1v) is 7.92. The number of halogens is 3. The fraction of sp³-hybridized carbons (Fsp3) is 0.333. The third kappa shape index (κ3) is 3.92. The highest BCUT2D eigenvalue weighted by molar-refractivity contribution is 6.07. The Labute approximate surface area is 143 Å². The summed E-state index contributed by atoms with van der Waals surface area (Å²) in [6.07, 6.45) is -1.42. The number of anilines is 1. The van der Waals surface area contributed by atoms with Crippen LogP contribution in [0.2, 0.25) is 0 Å². The van der Waals surface area contributed by atoms with Gasteiger partial charge in [-0.05, 0) is 37.5 Å². The number of rotatable bonds is 3. The van der Waals surface area contributed by atoms with Crippen molar-refractivity contribution in [1.29, 1.82) is 0 Å². The third-order valence-electron chi connectivity index (χ3n) is 4.11. The summed E-state index contributed by atoms with van der Waals surface area (Å²) in [5.74, 6) is -0.393. The molecular formula is C18H17F3N2O2. The maximum atomic E-state index is 12.9. The van der Waals surface area contributed by atoms with Crippen LogP contribution in [-0.2, 0) is 6.42 Å². The smallest absolute Gasteiger partial charge is 0.422 e. The predicted octanol–water partition coefficient (Wildman–Crippen LogP) is 4.00. The molecule has 0 N–H and O–H groups in total. The number of aromatic nitrogens is 1. The quantitative estimate of drug-likeness (QED) is 0.840. The molecular weight excluding hydrogens is 333 g/mol. The summed E-state index contributed by atoms with van der Waals surface area (Å²) in [7, 11) is 0. The summed E-state index contributed by atoms with van der Waals surface area (Å²) in [6.45, 7) is 0.561. The Morgan fingerprint density at radius 2 is 2.04 bits per heavy atom. The maximum Gasteiger partial charge on any atom is 0.422 e. The van der Waals surface area contributed by atoms with Crippen LogP contribution in [0.15, 0.2) is 42.6 Å². The van der Waals surface area contributed by atoms with E-state index in [-0.39, 0.29) is 17.8 Å². The van der Waals surface area contributed by atoms with Gasteiger partial charge in [-0.3, -0.25) is 4.79 Å². The molecule has 3 rings (SSSR count). The predicted molar refractivity (Wildman–Crippen MR) is 86.8 cm³/mol. The first-order valence-electron chi connectivity index (χ1n) is 7.92. The second-order valence-corrected chi connectivity index (χ2v) is 5.98. The van der Waals surface area contributed by atoms with E-state index in [1.54, 1.807) is 4.90 Å². The van der Waals surface area contributed by atoms with E-state index in [2.05, 4.69) is 9.72 Å². The SMILES string of the molecule is CC1CCc2ccccc2N1C(=O)c1ccc(OCC(F)(F)F)nc1. The first kappa shape index (κ1) is 17.3. The molecule has 25 heavy (non-hydrogen) atoms. The topological polar surface area (TPSA) is 42.4 Å². The number of benzene rings is 1. The third-order valence-corrected chi connectivity index (χ3v) is 4.11. The van der Waals surface area contributed by atoms with Crippen LogP contribution < -0.4 is 9.64 Å². The lowest BCUT2D eigenvalue weighted by molar-refractivity contribution is -0.154. The lowest BCUT2D eigenvalue weighted by Crippen LogP contribution is -2.42. The number of nitrogens with zero attached hydrogens (tertiary/aromatic N) is 2. The number of ether oxygens (including phenoxy) is 1. The molecule has 0 bridgehead atoms. The number of carbonyl (C=O) groups excluding carboxylic acids is 1. The Hall–Kier alpha value is -2.57. The van der Waals surface area contributed by atoms with Gasteiger partial charge in [-0.2, -0.15) is 13.2 Å². The number of amides is 1. The van der Waals surface area contributed by atoms with Crippen molar-refractivity contribution in [3.8, 4) is 5.88 Å². The van der Waals surface area contributed by atoms with Crippen molar-refractivity contribution in [2.45, 2.75) is 32.0 Å². The van der Waals surface area contributed by atoms with Crippen LogP contribution in [0.1, 0.15) is 29.3 Å². The highest BCUT2D eigenvalue weighted by Gasteiger charge is 2.30. The molecule has 1 aromatic carbocycles. The van der Waals surface area contributed by atoms with Gasteiger partial charge in [-0.25, -0.2) is 4.98 Å². The molecule has 1 amide bonds. The van der Waals surface area contributed by atoms with Gasteiger partial charge in [-0.1, -0.05) is 18.2 Å². The average Bonchev–Trinajstić information content (AvgIpc) is 2.59. The number of alkyl halides is 3. The summed E-state index contributed by atoms with van der Waals surface area (Å²) in [5.41, 5.74) is 2.28. The van der Waals surface area contributed by atoms with Crippen LogP contribution in [0.25, 0.3) is 0 Å². The van der Waals surface area contributed by atoms with E-state index in [0.717, 1.165) is 24.1 Å². The van der Waals surface area contributed by atoms with Crippen LogP contribution in [0, 0.1) is 0 Å². The number of fused-ring (bicyclic) bond motifs is 1. The average molecular weight is 350 g/mol. The number of hydrogen-bond acceptors (Lipinski definition) is 3. The minimum Gasteiger partial charge on any atom is -0.468 e. The minimum absolute atomic E-state index is 0.0311. The summed E-state index contributed by atoms with van der Waals surface area (Å²) < 4.78 is 41.1. The van der Waals surface area contributed by atoms with Crippen molar-refractivity contribution in [2.24, 2.45) is 0 Å². The number of pyridine rings is 1. The van der Waals surface area contributed by atoms with E-state index < -0.39 is 12.8 Å². The Balaban J connectivity index is 1.79. The Morgan fingerprint density at radius 3 is 2.72 bits per heavy atom. The van der Waals surface area contributed by atoms with Gasteiger partial charge >= 0.3 is 6.18 Å². The van der Waals surface area contributed by atoms with E-state index in [4.69, 9.17) is 0 Å². The maximum absolute atomic E-state index is 12.9. The molecule has 132 valence electrons. The van der Waals surface area contributed by atoms with Crippen molar-refractivity contribution in [3.05, 3.63) is 53.7 Å². The summed E-state index contributed by atoms with van der Waals surface area (Å²) in [4.78, 5) is 18.4. The van der Waals surface area contributed by atoms with E-state index in [1.807, 2.05) is 31.2 Å².